The van der Waals surface area contributed by atoms with Crippen LogP contribution in [0, 0.1) is 0 Å². The Kier molecular flexibility index (Phi) is 4.60. The van der Waals surface area contributed by atoms with Crippen molar-refractivity contribution in [3.05, 3.63) is 54.1 Å². The normalized spacial score (nSPS) is 10.5. The fourth-order valence-electron chi connectivity index (χ4n) is 2.56. The molecule has 3 rings (SSSR count). The Balaban J connectivity index is 1.90. The number of ether oxygens (including phenoxy) is 2. The first-order valence-electron chi connectivity index (χ1n) is 7.49. The minimum absolute atomic E-state index is 0.577. The number of nitrogens with zero attached hydrogens (tertiary/aromatic N) is 5. The number of anilines is 1. The van der Waals surface area contributed by atoms with Crippen molar-refractivity contribution in [2.24, 2.45) is 0 Å². The Bertz CT molecular complexity index is 804. The zero-order valence-electron chi connectivity index (χ0n) is 13.9. The summed E-state index contributed by atoms with van der Waals surface area (Å²) in [6.45, 7) is 0.577. The van der Waals surface area contributed by atoms with Crippen molar-refractivity contribution in [3.8, 4) is 17.2 Å². The molecule has 0 bridgehead atoms. The summed E-state index contributed by atoms with van der Waals surface area (Å²) in [6, 6.07) is 15.6. The monoisotopic (exact) mass is 325 g/mol. The molecule has 0 N–H and O–H groups in total. The molecule has 1 heterocycles. The van der Waals surface area contributed by atoms with E-state index in [9.17, 15) is 0 Å². The van der Waals surface area contributed by atoms with Gasteiger partial charge in [-0.2, -0.15) is 4.68 Å². The van der Waals surface area contributed by atoms with E-state index < -0.39 is 0 Å². The Hall–Kier alpha value is -3.09. The van der Waals surface area contributed by atoms with Gasteiger partial charge in [0.05, 0.1) is 19.9 Å². The van der Waals surface area contributed by atoms with Crippen molar-refractivity contribution in [2.45, 2.75) is 6.54 Å². The maximum Gasteiger partial charge on any atom is 0.250 e. The van der Waals surface area contributed by atoms with E-state index in [-0.39, 0.29) is 0 Å². The van der Waals surface area contributed by atoms with Gasteiger partial charge in [-0.25, -0.2) is 0 Å². The second-order valence-electron chi connectivity index (χ2n) is 5.23. The molecule has 0 atom stereocenters. The Morgan fingerprint density at radius 1 is 1.00 bits per heavy atom. The van der Waals surface area contributed by atoms with Crippen LogP contribution in [0.5, 0.6) is 11.5 Å². The molecule has 0 unspecified atom stereocenters. The van der Waals surface area contributed by atoms with E-state index in [0.717, 1.165) is 11.3 Å². The molecule has 0 aliphatic carbocycles. The van der Waals surface area contributed by atoms with Crippen LogP contribution in [0.3, 0.4) is 0 Å². The number of benzene rings is 2. The zero-order chi connectivity index (χ0) is 16.9. The van der Waals surface area contributed by atoms with E-state index in [4.69, 9.17) is 9.47 Å². The van der Waals surface area contributed by atoms with Crippen molar-refractivity contribution < 1.29 is 9.47 Å². The summed E-state index contributed by atoms with van der Waals surface area (Å²) in [7, 11) is 5.20. The summed E-state index contributed by atoms with van der Waals surface area (Å²) in [5.74, 6) is 2.06. The van der Waals surface area contributed by atoms with Crippen LogP contribution in [0.4, 0.5) is 5.95 Å². The maximum atomic E-state index is 5.49. The number of hydrogen-bond donors (Lipinski definition) is 0. The van der Waals surface area contributed by atoms with Crippen LogP contribution in [0.15, 0.2) is 48.5 Å². The molecule has 0 radical (unpaired) electrons. The van der Waals surface area contributed by atoms with Crippen LogP contribution in [-0.4, -0.2) is 41.5 Å². The molecule has 0 saturated heterocycles. The highest BCUT2D eigenvalue weighted by atomic mass is 16.5. The van der Waals surface area contributed by atoms with Gasteiger partial charge >= 0.3 is 0 Å². The third kappa shape index (κ3) is 3.01. The maximum absolute atomic E-state index is 5.49. The Morgan fingerprint density at radius 2 is 1.79 bits per heavy atom. The molecular weight excluding hydrogens is 306 g/mol. The number of aromatic nitrogens is 4. The van der Waals surface area contributed by atoms with Gasteiger partial charge in [-0.1, -0.05) is 35.4 Å². The summed E-state index contributed by atoms with van der Waals surface area (Å²) in [4.78, 5) is 1.96. The van der Waals surface area contributed by atoms with Crippen molar-refractivity contribution in [3.63, 3.8) is 0 Å². The van der Waals surface area contributed by atoms with Gasteiger partial charge in [0.15, 0.2) is 11.5 Å². The van der Waals surface area contributed by atoms with Gasteiger partial charge in [0.1, 0.15) is 0 Å². The van der Waals surface area contributed by atoms with Gasteiger partial charge in [-0.15, -0.1) is 0 Å². The standard InChI is InChI=1S/C17H19N5O2/c1-21(12-13-8-7-11-15(23-2)16(13)24-3)17-18-19-20-22(17)14-9-5-4-6-10-14/h4-11H,12H2,1-3H3. The lowest BCUT2D eigenvalue weighted by Crippen LogP contribution is -2.21. The molecule has 0 saturated carbocycles. The molecular formula is C17H19N5O2. The summed E-state index contributed by atoms with van der Waals surface area (Å²) in [5, 5.41) is 12.0. The predicted octanol–water partition coefficient (Wildman–Crippen LogP) is 2.32. The summed E-state index contributed by atoms with van der Waals surface area (Å²) >= 11 is 0. The van der Waals surface area contributed by atoms with E-state index in [2.05, 4.69) is 15.5 Å². The van der Waals surface area contributed by atoms with Crippen molar-refractivity contribution in [2.75, 3.05) is 26.2 Å². The predicted molar refractivity (Wildman–Crippen MR) is 90.8 cm³/mol. The number of para-hydroxylation sites is 2. The first-order valence-corrected chi connectivity index (χ1v) is 7.49. The molecule has 24 heavy (non-hydrogen) atoms. The molecule has 1 aromatic heterocycles. The first kappa shape index (κ1) is 15.8. The Morgan fingerprint density at radius 3 is 2.50 bits per heavy atom. The molecule has 0 amide bonds. The molecule has 0 aliphatic rings. The average Bonchev–Trinajstić information content (AvgIpc) is 3.12. The summed E-state index contributed by atoms with van der Waals surface area (Å²) in [5.41, 5.74) is 1.89. The lowest BCUT2D eigenvalue weighted by atomic mass is 10.1. The number of methoxy groups -OCH3 is 2. The van der Waals surface area contributed by atoms with E-state index in [1.54, 1.807) is 18.9 Å². The fourth-order valence-corrected chi connectivity index (χ4v) is 2.56. The highest BCUT2D eigenvalue weighted by Gasteiger charge is 2.16. The van der Waals surface area contributed by atoms with Crippen molar-refractivity contribution in [1.82, 2.24) is 20.2 Å². The minimum atomic E-state index is 0.577. The second-order valence-corrected chi connectivity index (χ2v) is 5.23. The van der Waals surface area contributed by atoms with Crippen molar-refractivity contribution in [1.29, 1.82) is 0 Å². The van der Waals surface area contributed by atoms with Crippen LogP contribution in [0.2, 0.25) is 0 Å². The third-order valence-corrected chi connectivity index (χ3v) is 3.69. The van der Waals surface area contributed by atoms with Gasteiger partial charge in [0.25, 0.3) is 0 Å². The van der Waals surface area contributed by atoms with Crippen LogP contribution in [0.1, 0.15) is 5.56 Å². The third-order valence-electron chi connectivity index (χ3n) is 3.69. The summed E-state index contributed by atoms with van der Waals surface area (Å²) in [6.07, 6.45) is 0. The first-order chi connectivity index (χ1) is 11.7. The molecule has 0 spiro atoms. The topological polar surface area (TPSA) is 65.3 Å². The largest absolute Gasteiger partial charge is 0.493 e. The van der Waals surface area contributed by atoms with Crippen LogP contribution >= 0.6 is 0 Å². The van der Waals surface area contributed by atoms with Gasteiger partial charge < -0.3 is 14.4 Å². The lowest BCUT2D eigenvalue weighted by molar-refractivity contribution is 0.351. The summed E-state index contributed by atoms with van der Waals surface area (Å²) < 4.78 is 12.5. The number of rotatable bonds is 6. The van der Waals surface area contributed by atoms with Crippen LogP contribution in [0.25, 0.3) is 5.69 Å². The number of tetrazole rings is 1. The van der Waals surface area contributed by atoms with Crippen LogP contribution < -0.4 is 14.4 Å². The molecule has 2 aromatic carbocycles. The van der Waals surface area contributed by atoms with Gasteiger partial charge in [-0.05, 0) is 28.6 Å². The molecule has 3 aromatic rings. The van der Waals surface area contributed by atoms with Crippen molar-refractivity contribution >= 4 is 5.95 Å². The molecule has 0 aliphatic heterocycles. The van der Waals surface area contributed by atoms with E-state index in [0.29, 0.717) is 24.0 Å². The molecule has 7 nitrogen and oxygen atoms in total. The minimum Gasteiger partial charge on any atom is -0.493 e. The van der Waals surface area contributed by atoms with Crippen LogP contribution in [-0.2, 0) is 6.54 Å². The highest BCUT2D eigenvalue weighted by molar-refractivity contribution is 5.49. The smallest absolute Gasteiger partial charge is 0.250 e. The van der Waals surface area contributed by atoms with E-state index >= 15 is 0 Å². The average molecular weight is 325 g/mol. The Labute approximate surface area is 140 Å². The van der Waals surface area contributed by atoms with E-state index in [1.807, 2.05) is 60.5 Å². The molecule has 7 heteroatoms. The van der Waals surface area contributed by atoms with Gasteiger partial charge in [-0.3, -0.25) is 0 Å². The fraction of sp³-hybridized carbons (Fsp3) is 0.235. The zero-order valence-corrected chi connectivity index (χ0v) is 13.9. The molecule has 0 fully saturated rings. The molecule has 124 valence electrons. The quantitative estimate of drug-likeness (QED) is 0.693. The van der Waals surface area contributed by atoms with Gasteiger partial charge in [0, 0.05) is 19.2 Å². The highest BCUT2D eigenvalue weighted by Crippen LogP contribution is 2.32. The number of hydrogen-bond acceptors (Lipinski definition) is 6. The second kappa shape index (κ2) is 6.99. The van der Waals surface area contributed by atoms with Gasteiger partial charge in [0.2, 0.25) is 5.95 Å². The SMILES string of the molecule is COc1cccc(CN(C)c2nnnn2-c2ccccc2)c1OC. The van der Waals surface area contributed by atoms with E-state index in [1.165, 1.54) is 0 Å². The lowest BCUT2D eigenvalue weighted by Gasteiger charge is -2.20.